The van der Waals surface area contributed by atoms with E-state index in [2.05, 4.69) is 22.1 Å². The number of likely N-dealkylation sites (tertiary alicyclic amines) is 1. The van der Waals surface area contributed by atoms with Crippen molar-refractivity contribution in [3.8, 4) is 5.75 Å². The lowest BCUT2D eigenvalue weighted by atomic mass is 9.89. The maximum atomic E-state index is 13.0. The minimum Gasteiger partial charge on any atom is -0.497 e. The first-order valence-electron chi connectivity index (χ1n) is 11.8. The zero-order valence-corrected chi connectivity index (χ0v) is 18.8. The van der Waals surface area contributed by atoms with Gasteiger partial charge in [-0.3, -0.25) is 19.1 Å². The Balaban J connectivity index is 1.29. The number of fused-ring (bicyclic) bond motifs is 1. The highest BCUT2D eigenvalue weighted by molar-refractivity contribution is 5.27. The van der Waals surface area contributed by atoms with E-state index >= 15 is 0 Å². The third-order valence-electron chi connectivity index (χ3n) is 7.28. The number of methoxy groups -OCH3 is 1. The highest BCUT2D eigenvalue weighted by Gasteiger charge is 2.43. The van der Waals surface area contributed by atoms with Gasteiger partial charge in [0.15, 0.2) is 5.82 Å². The summed E-state index contributed by atoms with van der Waals surface area (Å²) < 4.78 is 14.5. The van der Waals surface area contributed by atoms with Crippen LogP contribution in [0.3, 0.4) is 0 Å². The number of hydrogen-bond donors (Lipinski definition) is 0. The second-order valence-electron chi connectivity index (χ2n) is 9.58. The smallest absolute Gasteiger partial charge is 0.332 e. The van der Waals surface area contributed by atoms with Crippen LogP contribution in [0.25, 0.3) is 0 Å². The minimum absolute atomic E-state index is 0.274. The van der Waals surface area contributed by atoms with E-state index in [-0.39, 0.29) is 6.61 Å². The largest absolute Gasteiger partial charge is 0.497 e. The van der Waals surface area contributed by atoms with Gasteiger partial charge in [-0.2, -0.15) is 5.10 Å². The fourth-order valence-electron chi connectivity index (χ4n) is 5.44. The number of ether oxygens (including phenoxy) is 2. The van der Waals surface area contributed by atoms with Gasteiger partial charge >= 0.3 is 11.1 Å². The van der Waals surface area contributed by atoms with Gasteiger partial charge in [0.05, 0.1) is 13.7 Å². The molecule has 2 fully saturated rings. The van der Waals surface area contributed by atoms with Crippen molar-refractivity contribution in [2.45, 2.75) is 70.4 Å². The standard InChI is InChI=1S/C24H32N4O4/c1-31-20-9-7-19(8-10-20)13-26-12-11-24(16-26)17-27-21(15-32-24)25-28(23(30)22(27)29)14-18-5-3-2-4-6-18/h7-10,18H,2-6,11-17H2,1H3. The fourth-order valence-corrected chi connectivity index (χ4v) is 5.44. The van der Waals surface area contributed by atoms with Gasteiger partial charge in [0.2, 0.25) is 0 Å². The normalized spacial score (nSPS) is 24.0. The Morgan fingerprint density at radius 1 is 1.09 bits per heavy atom. The maximum Gasteiger partial charge on any atom is 0.332 e. The first kappa shape index (κ1) is 21.4. The third-order valence-corrected chi connectivity index (χ3v) is 7.28. The van der Waals surface area contributed by atoms with E-state index < -0.39 is 16.7 Å². The maximum absolute atomic E-state index is 13.0. The third kappa shape index (κ3) is 4.26. The van der Waals surface area contributed by atoms with E-state index in [1.54, 1.807) is 11.7 Å². The molecule has 5 rings (SSSR count). The summed E-state index contributed by atoms with van der Waals surface area (Å²) >= 11 is 0. The van der Waals surface area contributed by atoms with Gasteiger partial charge in [-0.25, -0.2) is 4.68 Å². The topological polar surface area (TPSA) is 78.6 Å². The summed E-state index contributed by atoms with van der Waals surface area (Å²) in [5, 5.41) is 4.54. The quantitative estimate of drug-likeness (QED) is 0.663. The molecular weight excluding hydrogens is 408 g/mol. The van der Waals surface area contributed by atoms with Crippen LogP contribution < -0.4 is 15.9 Å². The van der Waals surface area contributed by atoms with Crippen LogP contribution in [0.5, 0.6) is 5.75 Å². The Kier molecular flexibility index (Phi) is 5.90. The summed E-state index contributed by atoms with van der Waals surface area (Å²) in [6.45, 7) is 3.66. The van der Waals surface area contributed by atoms with Crippen LogP contribution in [0.4, 0.5) is 0 Å². The molecule has 0 N–H and O–H groups in total. The van der Waals surface area contributed by atoms with E-state index in [1.807, 2.05) is 12.1 Å². The molecule has 172 valence electrons. The number of aromatic nitrogens is 3. The minimum atomic E-state index is -0.496. The van der Waals surface area contributed by atoms with E-state index in [0.717, 1.165) is 44.6 Å². The number of nitrogens with zero attached hydrogens (tertiary/aromatic N) is 4. The SMILES string of the molecule is COc1ccc(CN2CCC3(C2)Cn2c(nn(CC4CCCCC4)c(=O)c2=O)CO3)cc1. The molecule has 1 aliphatic carbocycles. The van der Waals surface area contributed by atoms with E-state index in [1.165, 1.54) is 29.5 Å². The van der Waals surface area contributed by atoms with E-state index in [9.17, 15) is 9.59 Å². The molecule has 8 nitrogen and oxygen atoms in total. The first-order chi connectivity index (χ1) is 15.5. The molecule has 3 aliphatic rings. The van der Waals surface area contributed by atoms with Crippen LogP contribution >= 0.6 is 0 Å². The molecule has 2 aliphatic heterocycles. The average Bonchev–Trinajstić information content (AvgIpc) is 3.21. The summed E-state index contributed by atoms with van der Waals surface area (Å²) in [5.74, 6) is 1.86. The van der Waals surface area contributed by atoms with Crippen molar-refractivity contribution >= 4 is 0 Å². The summed E-state index contributed by atoms with van der Waals surface area (Å²) in [7, 11) is 1.67. The monoisotopic (exact) mass is 440 g/mol. The van der Waals surface area contributed by atoms with Crippen LogP contribution in [0.15, 0.2) is 33.9 Å². The first-order valence-corrected chi connectivity index (χ1v) is 11.8. The molecule has 1 aromatic heterocycles. The van der Waals surface area contributed by atoms with Crippen LogP contribution in [-0.2, 0) is 31.0 Å². The summed E-state index contributed by atoms with van der Waals surface area (Å²) in [4.78, 5) is 28.1. The van der Waals surface area contributed by atoms with Crippen LogP contribution in [0, 0.1) is 5.92 Å². The highest BCUT2D eigenvalue weighted by atomic mass is 16.5. The second kappa shape index (κ2) is 8.83. The second-order valence-corrected chi connectivity index (χ2v) is 9.58. The van der Waals surface area contributed by atoms with Gasteiger partial charge in [0.1, 0.15) is 18.0 Å². The van der Waals surface area contributed by atoms with Gasteiger partial charge in [0, 0.05) is 26.2 Å². The molecule has 0 amide bonds. The van der Waals surface area contributed by atoms with Crippen molar-refractivity contribution in [2.75, 3.05) is 20.2 Å². The van der Waals surface area contributed by atoms with Crippen molar-refractivity contribution in [1.82, 2.24) is 19.2 Å². The molecule has 0 radical (unpaired) electrons. The van der Waals surface area contributed by atoms with Gasteiger partial charge in [-0.15, -0.1) is 0 Å². The summed E-state index contributed by atoms with van der Waals surface area (Å²) in [5.41, 5.74) is -0.178. The van der Waals surface area contributed by atoms with Gasteiger partial charge in [0.25, 0.3) is 0 Å². The molecule has 8 heteroatoms. The summed E-state index contributed by atoms with van der Waals surface area (Å²) in [6, 6.07) is 8.09. The Hall–Kier alpha value is -2.45. The molecule has 3 heterocycles. The predicted molar refractivity (Wildman–Crippen MR) is 120 cm³/mol. The number of rotatable bonds is 5. The van der Waals surface area contributed by atoms with Crippen LogP contribution in [-0.4, -0.2) is 45.0 Å². The van der Waals surface area contributed by atoms with E-state index in [0.29, 0.717) is 24.8 Å². The molecule has 1 atom stereocenters. The highest BCUT2D eigenvalue weighted by Crippen LogP contribution is 2.32. The van der Waals surface area contributed by atoms with Crippen molar-refractivity contribution in [1.29, 1.82) is 0 Å². The zero-order chi connectivity index (χ0) is 22.1. The Morgan fingerprint density at radius 3 is 2.62 bits per heavy atom. The van der Waals surface area contributed by atoms with Crippen molar-refractivity contribution in [3.05, 3.63) is 56.4 Å². The number of hydrogen-bond acceptors (Lipinski definition) is 6. The zero-order valence-electron chi connectivity index (χ0n) is 18.8. The predicted octanol–water partition coefficient (Wildman–Crippen LogP) is 2.17. The van der Waals surface area contributed by atoms with Gasteiger partial charge in [-0.05, 0) is 42.9 Å². The molecule has 1 aromatic carbocycles. The molecule has 1 spiro atoms. The molecule has 32 heavy (non-hydrogen) atoms. The van der Waals surface area contributed by atoms with Gasteiger partial charge in [-0.1, -0.05) is 31.4 Å². The van der Waals surface area contributed by atoms with Crippen LogP contribution in [0.2, 0.25) is 0 Å². The van der Waals surface area contributed by atoms with Crippen molar-refractivity contribution in [2.24, 2.45) is 5.92 Å². The lowest BCUT2D eigenvalue weighted by molar-refractivity contribution is -0.0860. The lowest BCUT2D eigenvalue weighted by Crippen LogP contribution is -2.53. The van der Waals surface area contributed by atoms with Crippen molar-refractivity contribution < 1.29 is 9.47 Å². The van der Waals surface area contributed by atoms with Crippen LogP contribution in [0.1, 0.15) is 49.9 Å². The molecule has 1 saturated heterocycles. The Labute approximate surface area is 187 Å². The molecule has 1 saturated carbocycles. The summed E-state index contributed by atoms with van der Waals surface area (Å²) in [6.07, 6.45) is 6.70. The number of benzene rings is 1. The van der Waals surface area contributed by atoms with Crippen molar-refractivity contribution in [3.63, 3.8) is 0 Å². The fraction of sp³-hybridized carbons (Fsp3) is 0.625. The van der Waals surface area contributed by atoms with E-state index in [4.69, 9.17) is 9.47 Å². The Bertz CT molecular complexity index is 1070. The Morgan fingerprint density at radius 2 is 1.88 bits per heavy atom. The molecule has 1 unspecified atom stereocenters. The molecule has 0 bridgehead atoms. The molecule has 2 aromatic rings. The van der Waals surface area contributed by atoms with Gasteiger partial charge < -0.3 is 9.47 Å². The average molecular weight is 441 g/mol. The molecular formula is C24H32N4O4. The lowest BCUT2D eigenvalue weighted by Gasteiger charge is -2.35.